The van der Waals surface area contributed by atoms with Gasteiger partial charge in [-0.05, 0) is 148 Å². The van der Waals surface area contributed by atoms with Crippen LogP contribution in [0.1, 0.15) is 271 Å². The number of carbonyl (C=O) groups excluding carboxylic acids is 7. The van der Waals surface area contributed by atoms with Gasteiger partial charge in [-0.3, -0.25) is 33.6 Å². The fraction of sp³-hybridized carbons (Fsp3) is 0.826. The quantitative estimate of drug-likeness (QED) is 0.0133. The average Bonchev–Trinajstić information content (AvgIpc) is 1.48. The Morgan fingerprint density at radius 3 is 1.14 bits per heavy atom. The Morgan fingerprint density at radius 1 is 0.411 bits per heavy atom. The van der Waals surface area contributed by atoms with E-state index < -0.39 is 115 Å². The number of aliphatic hydroxyl groups is 4. The molecule has 0 bridgehead atoms. The minimum atomic E-state index is -1.65. The molecule has 0 saturated carbocycles. The maximum atomic E-state index is 14.2. The molecule has 0 radical (unpaired) electrons. The van der Waals surface area contributed by atoms with Gasteiger partial charge in [-0.15, -0.1) is 0 Å². The largest absolute Gasteiger partial charge is 0.480 e. The van der Waals surface area contributed by atoms with Crippen molar-refractivity contribution < 1.29 is 73.4 Å². The van der Waals surface area contributed by atoms with Gasteiger partial charge in [-0.2, -0.15) is 11.8 Å². The standard InChI is InChI=1S/C69H130N10O15S/c1-3-5-7-9-11-13-15-17-19-21-23-25-27-29-31-45-62(84)93-49-52(94-63(85)46-32-30-28-26-24-22-20-18-16-14-12-10-8-6-4-2)50-95-51-53(71)64(86)79-58(48-80)68(90)77-55(40-36-43-60(73)82)66(88)75-54(39-35-42-59(72)81)65(87)76-56(41-37-44-61(74)83)67(89)78-57(69(91)92)38-33-34-47-70/h17-20,52-61,80-83H,3-16,21-51,70-74H2,1-2H3,(H,75,88)(H,76,87)(H,77,90)(H,78,89)(H,79,86)(H,91,92)/b19-17-,20-18-/t52?,53-,54-,55-,56-,57-,58-,59?,60?,61?/m0/s1. The summed E-state index contributed by atoms with van der Waals surface area (Å²) in [6, 6.07) is -8.56. The number of nitrogens with two attached hydrogens (primary N) is 5. The lowest BCUT2D eigenvalue weighted by atomic mass is 10.0. The fourth-order valence-corrected chi connectivity index (χ4v) is 11.4. The lowest BCUT2D eigenvalue weighted by molar-refractivity contribution is -0.157. The van der Waals surface area contributed by atoms with Crippen LogP contribution in [0, 0.1) is 0 Å². The zero-order chi connectivity index (χ0) is 70.7. The summed E-state index contributed by atoms with van der Waals surface area (Å²) in [6.07, 6.45) is 34.6. The van der Waals surface area contributed by atoms with Crippen molar-refractivity contribution in [2.75, 3.05) is 31.3 Å². The molecule has 95 heavy (non-hydrogen) atoms. The first-order valence-corrected chi connectivity index (χ1v) is 37.2. The molecule has 0 aliphatic carbocycles. The Bertz CT molecular complexity index is 2080. The maximum absolute atomic E-state index is 14.2. The van der Waals surface area contributed by atoms with E-state index in [2.05, 4.69) is 64.7 Å². The van der Waals surface area contributed by atoms with Crippen molar-refractivity contribution in [3.05, 3.63) is 24.3 Å². The molecule has 0 saturated heterocycles. The second-order valence-electron chi connectivity index (χ2n) is 25.2. The van der Waals surface area contributed by atoms with E-state index in [-0.39, 0.29) is 95.2 Å². The first-order valence-electron chi connectivity index (χ1n) is 36.0. The van der Waals surface area contributed by atoms with Crippen LogP contribution in [0.4, 0.5) is 0 Å². The Labute approximate surface area is 572 Å². The third-order valence-electron chi connectivity index (χ3n) is 16.2. The van der Waals surface area contributed by atoms with Crippen molar-refractivity contribution in [3.8, 4) is 0 Å². The lowest BCUT2D eigenvalue weighted by Gasteiger charge is -2.27. The summed E-state index contributed by atoms with van der Waals surface area (Å²) in [7, 11) is 0. The van der Waals surface area contributed by atoms with Crippen LogP contribution in [0.3, 0.4) is 0 Å². The predicted molar refractivity (Wildman–Crippen MR) is 374 cm³/mol. The highest BCUT2D eigenvalue weighted by Crippen LogP contribution is 2.17. The van der Waals surface area contributed by atoms with Crippen molar-refractivity contribution in [1.29, 1.82) is 0 Å². The highest BCUT2D eigenvalue weighted by atomic mass is 32.2. The van der Waals surface area contributed by atoms with Gasteiger partial charge in [0.1, 0.15) is 61.6 Å². The number of carboxylic acids is 1. The van der Waals surface area contributed by atoms with Gasteiger partial charge in [0.25, 0.3) is 0 Å². The molecule has 20 N–H and O–H groups in total. The number of amides is 5. The number of aliphatic hydroxyl groups excluding tert-OH is 4. The minimum Gasteiger partial charge on any atom is -0.480 e. The number of carboxylic acid groups (broad SMARTS) is 1. The van der Waals surface area contributed by atoms with E-state index in [0.29, 0.717) is 32.2 Å². The van der Waals surface area contributed by atoms with Gasteiger partial charge in [0.15, 0.2) is 0 Å². The van der Waals surface area contributed by atoms with Crippen LogP contribution in [-0.4, -0.2) is 165 Å². The molecule has 0 aromatic rings. The molecule has 4 unspecified atom stereocenters. The topological polar surface area (TPSA) is 446 Å². The predicted octanol–water partition coefficient (Wildman–Crippen LogP) is 6.55. The van der Waals surface area contributed by atoms with Gasteiger partial charge < -0.3 is 90.3 Å². The molecular formula is C69H130N10O15S. The number of rotatable bonds is 65. The van der Waals surface area contributed by atoms with Gasteiger partial charge in [-0.1, -0.05) is 141 Å². The first-order chi connectivity index (χ1) is 45.7. The van der Waals surface area contributed by atoms with Crippen molar-refractivity contribution >= 4 is 59.2 Å². The number of unbranched alkanes of at least 4 members (excludes halogenated alkanes) is 23. The van der Waals surface area contributed by atoms with Gasteiger partial charge in [0.05, 0.1) is 12.6 Å². The molecule has 26 heteroatoms. The molecule has 0 heterocycles. The molecule has 0 rings (SSSR count). The number of esters is 2. The van der Waals surface area contributed by atoms with Crippen LogP contribution in [0.25, 0.3) is 0 Å². The summed E-state index contributed by atoms with van der Waals surface area (Å²) in [6.45, 7) is 3.60. The number of ether oxygens (including phenoxy) is 2. The van der Waals surface area contributed by atoms with Gasteiger partial charge in [0, 0.05) is 24.3 Å². The Morgan fingerprint density at radius 2 is 0.758 bits per heavy atom. The van der Waals surface area contributed by atoms with E-state index in [1.165, 1.54) is 77.0 Å². The summed E-state index contributed by atoms with van der Waals surface area (Å²) in [5, 5.41) is 62.1. The van der Waals surface area contributed by atoms with Gasteiger partial charge in [0.2, 0.25) is 29.5 Å². The van der Waals surface area contributed by atoms with E-state index in [0.717, 1.165) is 88.8 Å². The smallest absolute Gasteiger partial charge is 0.326 e. The third-order valence-corrected chi connectivity index (χ3v) is 17.4. The molecule has 0 aromatic carbocycles. The summed E-state index contributed by atoms with van der Waals surface area (Å²) >= 11 is 1.15. The molecule has 10 atom stereocenters. The molecule has 25 nitrogen and oxygen atoms in total. The number of hydrogen-bond donors (Lipinski definition) is 15. The zero-order valence-corrected chi connectivity index (χ0v) is 58.8. The van der Waals surface area contributed by atoms with Crippen molar-refractivity contribution in [2.45, 2.75) is 332 Å². The molecule has 0 spiro atoms. The number of aliphatic carboxylic acids is 1. The number of carbonyl (C=O) groups is 8. The third kappa shape index (κ3) is 53.0. The summed E-state index contributed by atoms with van der Waals surface area (Å²) in [5.74, 6) is -6.72. The highest BCUT2D eigenvalue weighted by Gasteiger charge is 2.33. The van der Waals surface area contributed by atoms with E-state index in [4.69, 9.17) is 38.1 Å². The van der Waals surface area contributed by atoms with Crippen LogP contribution in [0.15, 0.2) is 24.3 Å². The highest BCUT2D eigenvalue weighted by molar-refractivity contribution is 7.99. The van der Waals surface area contributed by atoms with Crippen LogP contribution in [0.5, 0.6) is 0 Å². The van der Waals surface area contributed by atoms with E-state index in [9.17, 15) is 63.9 Å². The molecule has 0 aliphatic heterocycles. The van der Waals surface area contributed by atoms with Gasteiger partial charge >= 0.3 is 17.9 Å². The number of hydrogen-bond acceptors (Lipinski definition) is 20. The first kappa shape index (κ1) is 90.2. The number of allylic oxidation sites excluding steroid dienone is 4. The fourth-order valence-electron chi connectivity index (χ4n) is 10.4. The van der Waals surface area contributed by atoms with E-state index in [1.54, 1.807) is 0 Å². The zero-order valence-electron chi connectivity index (χ0n) is 58.0. The molecule has 0 aromatic heterocycles. The van der Waals surface area contributed by atoms with Crippen LogP contribution in [-0.2, 0) is 47.8 Å². The van der Waals surface area contributed by atoms with Crippen LogP contribution < -0.4 is 55.3 Å². The Hall–Kier alpha value is -4.77. The maximum Gasteiger partial charge on any atom is 0.326 e. The molecule has 0 fully saturated rings. The van der Waals surface area contributed by atoms with E-state index in [1.807, 2.05) is 0 Å². The summed E-state index contributed by atoms with van der Waals surface area (Å²) in [4.78, 5) is 107. The molecule has 552 valence electrons. The normalized spacial score (nSPS) is 14.8. The monoisotopic (exact) mass is 1370 g/mol. The van der Waals surface area contributed by atoms with Crippen LogP contribution >= 0.6 is 11.8 Å². The summed E-state index contributed by atoms with van der Waals surface area (Å²) in [5.41, 5.74) is 28.5. The van der Waals surface area contributed by atoms with Crippen LogP contribution in [0.2, 0.25) is 0 Å². The SMILES string of the molecule is CCCCCCCC/C=C\CCCCCCCC(=O)OCC(CSC[C@H](N)C(=O)N[C@@H](CO)C(=O)N[C@@H](CCCC(N)O)C(=O)N[C@@H](CCCC(N)O)C(=O)N[C@@H](CCCC(N)O)C(=O)N[C@@H](CCCCN)C(=O)O)OC(=O)CCCCCCC/C=C\CCCCCCCC. The van der Waals surface area contributed by atoms with Crippen molar-refractivity contribution in [2.24, 2.45) is 28.7 Å². The van der Waals surface area contributed by atoms with Crippen molar-refractivity contribution in [1.82, 2.24) is 26.6 Å². The van der Waals surface area contributed by atoms with E-state index >= 15 is 0 Å². The second kappa shape index (κ2) is 61.6. The Balaban J connectivity index is 5.97. The number of nitrogens with one attached hydrogen (secondary N) is 5. The van der Waals surface area contributed by atoms with Crippen molar-refractivity contribution in [3.63, 3.8) is 0 Å². The second-order valence-corrected chi connectivity index (χ2v) is 26.3. The molecule has 0 aliphatic rings. The summed E-state index contributed by atoms with van der Waals surface area (Å²) < 4.78 is 11.5. The Kier molecular flexibility index (Phi) is 58.5. The lowest BCUT2D eigenvalue weighted by Crippen LogP contribution is -2.59. The van der Waals surface area contributed by atoms with Gasteiger partial charge in [-0.25, -0.2) is 4.79 Å². The molecule has 5 amide bonds. The number of thioether (sulfide) groups is 1. The molecular weight excluding hydrogens is 1240 g/mol. The average molecular weight is 1370 g/mol. The minimum absolute atomic E-state index is 0.0162.